The molecule has 18 heavy (non-hydrogen) atoms. The average molecular weight is 285 g/mol. The molecule has 0 radical (unpaired) electrons. The Kier molecular flexibility index (Phi) is 4.24. The highest BCUT2D eigenvalue weighted by Gasteiger charge is 2.16. The minimum atomic E-state index is -0.0616. The van der Waals surface area contributed by atoms with Gasteiger partial charge in [0, 0.05) is 13.2 Å². The van der Waals surface area contributed by atoms with Gasteiger partial charge in [0.15, 0.2) is 0 Å². The third-order valence-corrected chi connectivity index (χ3v) is 3.73. The van der Waals surface area contributed by atoms with E-state index < -0.39 is 0 Å². The maximum absolute atomic E-state index is 6.17. The van der Waals surface area contributed by atoms with Gasteiger partial charge in [-0.3, -0.25) is 11.3 Å². The number of rotatable bonds is 4. The SMILES string of the molecule is Cn1cncc1C(Cc1cccc(Cl)c1Cl)NN. The molecule has 2 aromatic rings. The van der Waals surface area contributed by atoms with Crippen molar-refractivity contribution in [2.24, 2.45) is 12.9 Å². The lowest BCUT2D eigenvalue weighted by Crippen LogP contribution is -2.31. The number of imidazole rings is 1. The summed E-state index contributed by atoms with van der Waals surface area (Å²) >= 11 is 12.2. The first-order valence-corrected chi connectivity index (χ1v) is 6.24. The number of nitrogens with one attached hydrogen (secondary N) is 1. The molecule has 3 N–H and O–H groups in total. The van der Waals surface area contributed by atoms with Crippen LogP contribution in [0.4, 0.5) is 0 Å². The lowest BCUT2D eigenvalue weighted by molar-refractivity contribution is 0.522. The molecule has 0 fully saturated rings. The van der Waals surface area contributed by atoms with Gasteiger partial charge in [0.2, 0.25) is 0 Å². The van der Waals surface area contributed by atoms with Gasteiger partial charge in [0.05, 0.1) is 28.1 Å². The maximum atomic E-state index is 6.17. The summed E-state index contributed by atoms with van der Waals surface area (Å²) in [5, 5.41) is 1.12. The number of aryl methyl sites for hydroxylation is 1. The topological polar surface area (TPSA) is 55.9 Å². The molecule has 6 heteroatoms. The Morgan fingerprint density at radius 1 is 1.44 bits per heavy atom. The minimum absolute atomic E-state index is 0.0616. The smallest absolute Gasteiger partial charge is 0.0946 e. The van der Waals surface area contributed by atoms with E-state index in [1.54, 1.807) is 18.6 Å². The number of benzene rings is 1. The summed E-state index contributed by atoms with van der Waals surface area (Å²) in [5.41, 5.74) is 4.72. The Labute approximate surface area is 116 Å². The molecule has 1 aromatic carbocycles. The first-order chi connectivity index (χ1) is 8.63. The van der Waals surface area contributed by atoms with E-state index in [2.05, 4.69) is 10.4 Å². The Bertz CT molecular complexity index is 539. The highest BCUT2D eigenvalue weighted by Crippen LogP contribution is 2.28. The maximum Gasteiger partial charge on any atom is 0.0946 e. The van der Waals surface area contributed by atoms with Gasteiger partial charge in [-0.25, -0.2) is 4.98 Å². The van der Waals surface area contributed by atoms with E-state index in [1.165, 1.54) is 0 Å². The Balaban J connectivity index is 2.26. The summed E-state index contributed by atoms with van der Waals surface area (Å²) < 4.78 is 1.92. The van der Waals surface area contributed by atoms with Crippen LogP contribution in [0, 0.1) is 0 Å². The highest BCUT2D eigenvalue weighted by molar-refractivity contribution is 6.42. The zero-order chi connectivity index (χ0) is 13.1. The van der Waals surface area contributed by atoms with Crippen molar-refractivity contribution in [2.45, 2.75) is 12.5 Å². The predicted molar refractivity (Wildman–Crippen MR) is 73.4 cm³/mol. The van der Waals surface area contributed by atoms with Crippen molar-refractivity contribution in [3.05, 3.63) is 52.0 Å². The summed E-state index contributed by atoms with van der Waals surface area (Å²) in [6, 6.07) is 5.52. The summed E-state index contributed by atoms with van der Waals surface area (Å²) in [7, 11) is 1.92. The van der Waals surface area contributed by atoms with Crippen LogP contribution in [0.3, 0.4) is 0 Å². The molecule has 0 spiro atoms. The monoisotopic (exact) mass is 284 g/mol. The second kappa shape index (κ2) is 5.71. The molecule has 96 valence electrons. The van der Waals surface area contributed by atoms with Crippen molar-refractivity contribution in [1.82, 2.24) is 15.0 Å². The molecule has 1 aromatic heterocycles. The summed E-state index contributed by atoms with van der Waals surface area (Å²) in [5.74, 6) is 5.60. The number of aromatic nitrogens is 2. The summed E-state index contributed by atoms with van der Waals surface area (Å²) in [6.07, 6.45) is 4.16. The van der Waals surface area contributed by atoms with E-state index in [9.17, 15) is 0 Å². The Morgan fingerprint density at radius 3 is 2.83 bits per heavy atom. The van der Waals surface area contributed by atoms with E-state index in [0.29, 0.717) is 16.5 Å². The third kappa shape index (κ3) is 2.67. The molecule has 4 nitrogen and oxygen atoms in total. The van der Waals surface area contributed by atoms with E-state index >= 15 is 0 Å². The fourth-order valence-electron chi connectivity index (χ4n) is 1.88. The zero-order valence-electron chi connectivity index (χ0n) is 9.90. The van der Waals surface area contributed by atoms with Crippen LogP contribution in [0.2, 0.25) is 10.0 Å². The van der Waals surface area contributed by atoms with E-state index in [4.69, 9.17) is 29.0 Å². The Hall–Kier alpha value is -1.07. The normalized spacial score (nSPS) is 12.7. The molecule has 0 saturated heterocycles. The van der Waals surface area contributed by atoms with Gasteiger partial charge in [-0.05, 0) is 18.1 Å². The number of hydrazine groups is 1. The van der Waals surface area contributed by atoms with Crippen LogP contribution in [0.1, 0.15) is 17.3 Å². The van der Waals surface area contributed by atoms with Crippen LogP contribution >= 0.6 is 23.2 Å². The van der Waals surface area contributed by atoms with Crippen molar-refractivity contribution >= 4 is 23.2 Å². The number of halogens is 2. The third-order valence-electron chi connectivity index (χ3n) is 2.87. The second-order valence-corrected chi connectivity index (χ2v) is 4.85. The van der Waals surface area contributed by atoms with Gasteiger partial charge in [0.1, 0.15) is 0 Å². The zero-order valence-corrected chi connectivity index (χ0v) is 11.4. The fraction of sp³-hybridized carbons (Fsp3) is 0.250. The quantitative estimate of drug-likeness (QED) is 0.670. The molecule has 1 atom stereocenters. The second-order valence-electron chi connectivity index (χ2n) is 4.07. The van der Waals surface area contributed by atoms with E-state index in [1.807, 2.05) is 23.7 Å². The van der Waals surface area contributed by atoms with Gasteiger partial charge in [0.25, 0.3) is 0 Å². The molecular formula is C12H14Cl2N4. The van der Waals surface area contributed by atoms with E-state index in [0.717, 1.165) is 11.3 Å². The molecule has 0 bridgehead atoms. The largest absolute Gasteiger partial charge is 0.336 e. The standard InChI is InChI=1S/C12H14Cl2N4/c1-18-7-16-6-11(18)10(17-15)5-8-3-2-4-9(13)12(8)14/h2-4,6-7,10,17H,5,15H2,1H3. The molecule has 0 aliphatic rings. The molecule has 1 heterocycles. The van der Waals surface area contributed by atoms with Crippen LogP contribution in [-0.2, 0) is 13.5 Å². The summed E-state index contributed by atoms with van der Waals surface area (Å²) in [6.45, 7) is 0. The molecule has 0 aliphatic heterocycles. The molecular weight excluding hydrogens is 271 g/mol. The molecule has 2 rings (SSSR count). The number of hydrogen-bond donors (Lipinski definition) is 2. The molecule has 0 amide bonds. The van der Waals surface area contributed by atoms with E-state index in [-0.39, 0.29) is 6.04 Å². The lowest BCUT2D eigenvalue weighted by Gasteiger charge is -2.17. The van der Waals surface area contributed by atoms with Gasteiger partial charge in [-0.1, -0.05) is 35.3 Å². The van der Waals surface area contributed by atoms with Crippen LogP contribution < -0.4 is 11.3 Å². The highest BCUT2D eigenvalue weighted by atomic mass is 35.5. The van der Waals surface area contributed by atoms with Crippen LogP contribution in [0.25, 0.3) is 0 Å². The Morgan fingerprint density at radius 2 is 2.22 bits per heavy atom. The van der Waals surface area contributed by atoms with Gasteiger partial charge in [-0.15, -0.1) is 0 Å². The predicted octanol–water partition coefficient (Wildman–Crippen LogP) is 2.47. The first-order valence-electron chi connectivity index (χ1n) is 5.48. The van der Waals surface area contributed by atoms with Crippen molar-refractivity contribution in [3.63, 3.8) is 0 Å². The van der Waals surface area contributed by atoms with Crippen molar-refractivity contribution in [1.29, 1.82) is 0 Å². The number of nitrogens with two attached hydrogens (primary N) is 1. The van der Waals surface area contributed by atoms with Crippen molar-refractivity contribution in [2.75, 3.05) is 0 Å². The van der Waals surface area contributed by atoms with Gasteiger partial charge >= 0.3 is 0 Å². The van der Waals surface area contributed by atoms with Crippen LogP contribution in [0.5, 0.6) is 0 Å². The van der Waals surface area contributed by atoms with Crippen molar-refractivity contribution < 1.29 is 0 Å². The minimum Gasteiger partial charge on any atom is -0.336 e. The van der Waals surface area contributed by atoms with Gasteiger partial charge in [-0.2, -0.15) is 0 Å². The molecule has 1 unspecified atom stereocenters. The van der Waals surface area contributed by atoms with Crippen LogP contribution in [0.15, 0.2) is 30.7 Å². The van der Waals surface area contributed by atoms with Crippen molar-refractivity contribution in [3.8, 4) is 0 Å². The molecule has 0 aliphatic carbocycles. The molecule has 0 saturated carbocycles. The number of hydrogen-bond acceptors (Lipinski definition) is 3. The lowest BCUT2D eigenvalue weighted by atomic mass is 10.0. The summed E-state index contributed by atoms with van der Waals surface area (Å²) in [4.78, 5) is 4.08. The van der Waals surface area contributed by atoms with Crippen LogP contribution in [-0.4, -0.2) is 9.55 Å². The first kappa shape index (κ1) is 13.4. The fourth-order valence-corrected chi connectivity index (χ4v) is 2.28. The average Bonchev–Trinajstić information content (AvgIpc) is 2.77. The van der Waals surface area contributed by atoms with Gasteiger partial charge < -0.3 is 4.57 Å². The number of nitrogens with zero attached hydrogens (tertiary/aromatic N) is 2.